The maximum Gasteiger partial charge on any atom is 0.410 e. The van der Waals surface area contributed by atoms with Crippen LogP contribution in [0.25, 0.3) is 0 Å². The number of esters is 1. The van der Waals surface area contributed by atoms with Crippen LogP contribution >= 0.6 is 0 Å². The third-order valence-corrected chi connectivity index (χ3v) is 3.84. The first-order valence-corrected chi connectivity index (χ1v) is 8.21. The molecule has 0 aliphatic carbocycles. The van der Waals surface area contributed by atoms with E-state index in [-0.39, 0.29) is 35.4 Å². The first-order chi connectivity index (χ1) is 11.9. The van der Waals surface area contributed by atoms with Crippen LogP contribution in [-0.2, 0) is 9.47 Å². The molecule has 1 aromatic heterocycles. The number of ether oxygens (including phenoxy) is 2. The molecule has 0 radical (unpaired) electrons. The Kier molecular flexibility index (Phi) is 6.32. The fourth-order valence-corrected chi connectivity index (χ4v) is 2.51. The molecule has 0 unspecified atom stereocenters. The minimum absolute atomic E-state index is 0.0299. The van der Waals surface area contributed by atoms with E-state index < -0.39 is 5.97 Å². The van der Waals surface area contributed by atoms with Gasteiger partial charge in [0.05, 0.1) is 18.8 Å². The number of likely N-dealkylation sites (tertiary alicyclic amines) is 1. The van der Waals surface area contributed by atoms with Crippen LogP contribution in [0.1, 0.15) is 47.5 Å². The second-order valence-electron chi connectivity index (χ2n) is 6.09. The third kappa shape index (κ3) is 5.17. The molecular formula is C17H23N3O5. The Morgan fingerprint density at radius 3 is 2.44 bits per heavy atom. The van der Waals surface area contributed by atoms with Gasteiger partial charge in [-0.3, -0.25) is 9.78 Å². The van der Waals surface area contributed by atoms with E-state index in [1.165, 1.54) is 25.4 Å². The van der Waals surface area contributed by atoms with Crippen molar-refractivity contribution in [3.63, 3.8) is 0 Å². The summed E-state index contributed by atoms with van der Waals surface area (Å²) in [5, 5.41) is 2.90. The topological polar surface area (TPSA) is 97.8 Å². The lowest BCUT2D eigenvalue weighted by Crippen LogP contribution is -2.47. The zero-order chi connectivity index (χ0) is 18.4. The number of pyridine rings is 1. The number of rotatable bonds is 4. The van der Waals surface area contributed by atoms with Gasteiger partial charge in [0.2, 0.25) is 0 Å². The van der Waals surface area contributed by atoms with E-state index >= 15 is 0 Å². The van der Waals surface area contributed by atoms with E-state index in [1.807, 2.05) is 13.8 Å². The number of amides is 2. The van der Waals surface area contributed by atoms with E-state index in [2.05, 4.69) is 15.0 Å². The third-order valence-electron chi connectivity index (χ3n) is 3.84. The van der Waals surface area contributed by atoms with Crippen molar-refractivity contribution in [3.8, 4) is 0 Å². The maximum atomic E-state index is 12.2. The van der Waals surface area contributed by atoms with Gasteiger partial charge in [0.25, 0.3) is 5.91 Å². The summed E-state index contributed by atoms with van der Waals surface area (Å²) in [5.41, 5.74) is 0.519. The van der Waals surface area contributed by atoms with Crippen LogP contribution in [0.2, 0.25) is 0 Å². The van der Waals surface area contributed by atoms with Crippen molar-refractivity contribution in [1.29, 1.82) is 0 Å². The molecule has 25 heavy (non-hydrogen) atoms. The van der Waals surface area contributed by atoms with Gasteiger partial charge in [-0.05, 0) is 38.8 Å². The average Bonchev–Trinajstić information content (AvgIpc) is 2.61. The maximum absolute atomic E-state index is 12.2. The van der Waals surface area contributed by atoms with Gasteiger partial charge < -0.3 is 19.7 Å². The predicted octanol–water partition coefficient (Wildman–Crippen LogP) is 1.61. The number of hydrogen-bond acceptors (Lipinski definition) is 6. The summed E-state index contributed by atoms with van der Waals surface area (Å²) in [4.78, 5) is 41.1. The predicted molar refractivity (Wildman–Crippen MR) is 89.3 cm³/mol. The van der Waals surface area contributed by atoms with Crippen molar-refractivity contribution in [2.75, 3.05) is 20.2 Å². The Balaban J connectivity index is 1.84. The molecule has 0 spiro atoms. The number of methoxy groups -OCH3 is 1. The second-order valence-corrected chi connectivity index (χ2v) is 6.09. The molecule has 136 valence electrons. The first-order valence-electron chi connectivity index (χ1n) is 8.21. The zero-order valence-electron chi connectivity index (χ0n) is 14.7. The van der Waals surface area contributed by atoms with E-state index in [9.17, 15) is 14.4 Å². The largest absolute Gasteiger partial charge is 0.465 e. The first kappa shape index (κ1) is 18.7. The second kappa shape index (κ2) is 8.46. The molecule has 1 saturated heterocycles. The van der Waals surface area contributed by atoms with Crippen LogP contribution in [-0.4, -0.2) is 60.2 Å². The average molecular weight is 349 g/mol. The Bertz CT molecular complexity index is 622. The molecule has 0 saturated carbocycles. The van der Waals surface area contributed by atoms with Crippen LogP contribution < -0.4 is 5.32 Å². The highest BCUT2D eigenvalue weighted by molar-refractivity contribution is 5.94. The summed E-state index contributed by atoms with van der Waals surface area (Å²) in [6.45, 7) is 4.68. The molecule has 8 nitrogen and oxygen atoms in total. The Hall–Kier alpha value is -2.64. The molecule has 8 heteroatoms. The molecule has 1 aliphatic rings. The number of nitrogens with zero attached hydrogens (tertiary/aromatic N) is 2. The molecule has 2 amide bonds. The van der Waals surface area contributed by atoms with Crippen molar-refractivity contribution in [2.24, 2.45) is 0 Å². The van der Waals surface area contributed by atoms with Gasteiger partial charge >= 0.3 is 12.1 Å². The van der Waals surface area contributed by atoms with Gasteiger partial charge in [0, 0.05) is 25.3 Å². The lowest BCUT2D eigenvalue weighted by atomic mass is 10.1. The van der Waals surface area contributed by atoms with Gasteiger partial charge in [-0.1, -0.05) is 0 Å². The zero-order valence-corrected chi connectivity index (χ0v) is 14.7. The van der Waals surface area contributed by atoms with Crippen molar-refractivity contribution in [2.45, 2.75) is 38.8 Å². The van der Waals surface area contributed by atoms with Gasteiger partial charge in [-0.25, -0.2) is 9.59 Å². The molecule has 1 aromatic rings. The lowest BCUT2D eigenvalue weighted by Gasteiger charge is -2.32. The van der Waals surface area contributed by atoms with Crippen molar-refractivity contribution in [3.05, 3.63) is 29.6 Å². The minimum atomic E-state index is -0.500. The molecule has 0 bridgehead atoms. The van der Waals surface area contributed by atoms with E-state index in [0.29, 0.717) is 25.9 Å². The quantitative estimate of drug-likeness (QED) is 0.829. The number of aromatic nitrogens is 1. The van der Waals surface area contributed by atoms with Crippen molar-refractivity contribution < 1.29 is 23.9 Å². The molecule has 0 atom stereocenters. The summed E-state index contributed by atoms with van der Waals surface area (Å²) in [5.74, 6) is -0.806. The molecule has 1 aliphatic heterocycles. The number of carbonyl (C=O) groups excluding carboxylic acids is 3. The highest BCUT2D eigenvalue weighted by Crippen LogP contribution is 2.13. The van der Waals surface area contributed by atoms with Crippen LogP contribution in [0.4, 0.5) is 4.79 Å². The molecular weight excluding hydrogens is 326 g/mol. The lowest BCUT2D eigenvalue weighted by molar-refractivity contribution is 0.0597. The Labute approximate surface area is 146 Å². The Morgan fingerprint density at radius 1 is 1.24 bits per heavy atom. The normalized spacial score (nSPS) is 15.0. The van der Waals surface area contributed by atoms with Gasteiger partial charge in [0.15, 0.2) is 0 Å². The summed E-state index contributed by atoms with van der Waals surface area (Å²) >= 11 is 0. The fraction of sp³-hybridized carbons (Fsp3) is 0.529. The molecule has 1 fully saturated rings. The number of nitrogens with one attached hydrogen (secondary N) is 1. The summed E-state index contributed by atoms with van der Waals surface area (Å²) in [6, 6.07) is 2.95. The number of hydrogen-bond donors (Lipinski definition) is 1. The summed E-state index contributed by atoms with van der Waals surface area (Å²) in [7, 11) is 1.28. The molecule has 2 rings (SSSR count). The smallest absolute Gasteiger partial charge is 0.410 e. The van der Waals surface area contributed by atoms with Crippen LogP contribution in [0.15, 0.2) is 18.3 Å². The van der Waals surface area contributed by atoms with Crippen molar-refractivity contribution in [1.82, 2.24) is 15.2 Å². The number of piperidine rings is 1. The van der Waals surface area contributed by atoms with Crippen molar-refractivity contribution >= 4 is 18.0 Å². The standard InChI is InChI=1S/C17H23N3O5/c1-11(2)25-17(23)20-8-6-13(7-9-20)19-15(21)14-5-4-12(10-18-14)16(22)24-3/h4-5,10-11,13H,6-9H2,1-3H3,(H,19,21). The number of carbonyl (C=O) groups is 3. The van der Waals surface area contributed by atoms with Gasteiger partial charge in [-0.15, -0.1) is 0 Å². The van der Waals surface area contributed by atoms with E-state index in [1.54, 1.807) is 4.90 Å². The molecule has 0 aromatic carbocycles. The van der Waals surface area contributed by atoms with Crippen LogP contribution in [0.5, 0.6) is 0 Å². The van der Waals surface area contributed by atoms with E-state index in [4.69, 9.17) is 4.74 Å². The van der Waals surface area contributed by atoms with Crippen LogP contribution in [0.3, 0.4) is 0 Å². The summed E-state index contributed by atoms with van der Waals surface area (Å²) < 4.78 is 9.76. The molecule has 1 N–H and O–H groups in total. The minimum Gasteiger partial charge on any atom is -0.465 e. The van der Waals surface area contributed by atoms with Gasteiger partial charge in [0.1, 0.15) is 5.69 Å². The Morgan fingerprint density at radius 2 is 1.92 bits per heavy atom. The van der Waals surface area contributed by atoms with Gasteiger partial charge in [-0.2, -0.15) is 0 Å². The summed E-state index contributed by atoms with van der Waals surface area (Å²) in [6.07, 6.45) is 2.15. The van der Waals surface area contributed by atoms with E-state index in [0.717, 1.165) is 0 Å². The SMILES string of the molecule is COC(=O)c1ccc(C(=O)NC2CCN(C(=O)OC(C)C)CC2)nc1. The monoisotopic (exact) mass is 349 g/mol. The van der Waals surface area contributed by atoms with Crippen LogP contribution in [0, 0.1) is 0 Å². The highest BCUT2D eigenvalue weighted by atomic mass is 16.6. The fourth-order valence-electron chi connectivity index (χ4n) is 2.51. The molecule has 2 heterocycles. The highest BCUT2D eigenvalue weighted by Gasteiger charge is 2.25.